The molecule has 0 saturated heterocycles. The van der Waals surface area contributed by atoms with Crippen molar-refractivity contribution < 1.29 is 9.53 Å². The van der Waals surface area contributed by atoms with Crippen LogP contribution in [0.1, 0.15) is 15.9 Å². The lowest BCUT2D eigenvalue weighted by Crippen LogP contribution is -2.12. The summed E-state index contributed by atoms with van der Waals surface area (Å²) in [5.41, 5.74) is 2.48. The highest BCUT2D eigenvalue weighted by molar-refractivity contribution is 7.99. The van der Waals surface area contributed by atoms with E-state index in [0.29, 0.717) is 16.3 Å². The molecule has 0 radical (unpaired) electrons. The first-order valence-electron chi connectivity index (χ1n) is 6.49. The molecule has 0 aromatic heterocycles. The summed E-state index contributed by atoms with van der Waals surface area (Å²) in [6.07, 6.45) is 1.93. The molecule has 2 nitrogen and oxygen atoms in total. The van der Waals surface area contributed by atoms with Crippen LogP contribution in [0.25, 0.3) is 6.08 Å². The summed E-state index contributed by atoms with van der Waals surface area (Å²) in [5, 5.41) is 0.591. The zero-order chi connectivity index (χ0) is 14.8. The number of fused-ring (bicyclic) bond motifs is 1. The molecule has 2 aromatic rings. The number of benzene rings is 2. The molecule has 0 spiro atoms. The van der Waals surface area contributed by atoms with Crippen LogP contribution in [0.4, 0.5) is 0 Å². The number of methoxy groups -OCH3 is 1. The number of carbonyl (C=O) groups is 1. The van der Waals surface area contributed by atoms with Gasteiger partial charge in [-0.05, 0) is 42.0 Å². The number of rotatable bonds is 2. The van der Waals surface area contributed by atoms with Gasteiger partial charge in [0.25, 0.3) is 0 Å². The topological polar surface area (TPSA) is 26.3 Å². The smallest absolute Gasteiger partial charge is 0.191 e. The van der Waals surface area contributed by atoms with Crippen molar-refractivity contribution in [2.75, 3.05) is 12.9 Å². The second-order valence-electron chi connectivity index (χ2n) is 4.70. The van der Waals surface area contributed by atoms with E-state index in [1.54, 1.807) is 24.9 Å². The molecule has 0 N–H and O–H groups in total. The van der Waals surface area contributed by atoms with Crippen LogP contribution in [0.3, 0.4) is 0 Å². The van der Waals surface area contributed by atoms with Crippen molar-refractivity contribution in [3.8, 4) is 5.75 Å². The summed E-state index contributed by atoms with van der Waals surface area (Å²) in [4.78, 5) is 13.5. The van der Waals surface area contributed by atoms with Crippen LogP contribution in [0.2, 0.25) is 5.02 Å². The summed E-state index contributed by atoms with van der Waals surface area (Å²) in [6, 6.07) is 13.1. The maximum Gasteiger partial charge on any atom is 0.191 e. The van der Waals surface area contributed by atoms with E-state index in [-0.39, 0.29) is 5.78 Å². The van der Waals surface area contributed by atoms with Crippen molar-refractivity contribution in [1.82, 2.24) is 0 Å². The first-order valence-corrected chi connectivity index (χ1v) is 7.85. The third-order valence-electron chi connectivity index (χ3n) is 3.32. The second kappa shape index (κ2) is 5.96. The Hall–Kier alpha value is -1.71. The van der Waals surface area contributed by atoms with Gasteiger partial charge >= 0.3 is 0 Å². The third kappa shape index (κ3) is 2.99. The minimum atomic E-state index is 0.0575. The van der Waals surface area contributed by atoms with E-state index in [1.807, 2.05) is 42.5 Å². The highest BCUT2D eigenvalue weighted by atomic mass is 35.5. The Kier molecular flexibility index (Phi) is 4.04. The van der Waals surface area contributed by atoms with Crippen LogP contribution in [0.15, 0.2) is 52.9 Å². The maximum atomic E-state index is 12.5. The molecule has 2 aromatic carbocycles. The number of hydrogen-bond acceptors (Lipinski definition) is 3. The van der Waals surface area contributed by atoms with E-state index in [1.165, 1.54) is 0 Å². The predicted molar refractivity (Wildman–Crippen MR) is 87.5 cm³/mol. The average Bonchev–Trinajstić information content (AvgIpc) is 2.51. The summed E-state index contributed by atoms with van der Waals surface area (Å²) in [6.45, 7) is 0. The van der Waals surface area contributed by atoms with E-state index in [0.717, 1.165) is 21.8 Å². The Bertz CT molecular complexity index is 720. The molecule has 0 saturated carbocycles. The number of carbonyl (C=O) groups excluding carboxylic acids is 1. The molecular weight excluding hydrogens is 304 g/mol. The molecule has 1 heterocycles. The number of ketones is 1. The van der Waals surface area contributed by atoms with Gasteiger partial charge in [0.1, 0.15) is 5.75 Å². The normalized spacial score (nSPS) is 15.9. The number of halogens is 1. The third-order valence-corrected chi connectivity index (χ3v) is 4.68. The van der Waals surface area contributed by atoms with Gasteiger partial charge in [0.15, 0.2) is 5.78 Å². The van der Waals surface area contributed by atoms with Gasteiger partial charge < -0.3 is 4.74 Å². The molecule has 3 rings (SSSR count). The molecule has 4 heteroatoms. The van der Waals surface area contributed by atoms with Gasteiger partial charge in [0.2, 0.25) is 0 Å². The van der Waals surface area contributed by atoms with E-state index in [4.69, 9.17) is 16.3 Å². The molecule has 0 amide bonds. The maximum absolute atomic E-state index is 12.5. The number of ether oxygens (including phenoxy) is 1. The van der Waals surface area contributed by atoms with Crippen molar-refractivity contribution in [2.45, 2.75) is 4.90 Å². The molecule has 0 aliphatic carbocycles. The lowest BCUT2D eigenvalue weighted by molar-refractivity contribution is 0.103. The van der Waals surface area contributed by atoms with Crippen molar-refractivity contribution in [3.05, 3.63) is 64.2 Å². The molecule has 0 unspecified atom stereocenters. The summed E-state index contributed by atoms with van der Waals surface area (Å²) in [7, 11) is 1.63. The molecular formula is C17H13ClO2S. The Morgan fingerprint density at radius 3 is 2.67 bits per heavy atom. The minimum Gasteiger partial charge on any atom is -0.497 e. The zero-order valence-electron chi connectivity index (χ0n) is 11.4. The largest absolute Gasteiger partial charge is 0.497 e. The van der Waals surface area contributed by atoms with Gasteiger partial charge in [-0.2, -0.15) is 0 Å². The van der Waals surface area contributed by atoms with Crippen molar-refractivity contribution in [3.63, 3.8) is 0 Å². The van der Waals surface area contributed by atoms with Gasteiger partial charge in [-0.1, -0.05) is 23.7 Å². The summed E-state index contributed by atoms with van der Waals surface area (Å²) >= 11 is 7.65. The minimum absolute atomic E-state index is 0.0575. The van der Waals surface area contributed by atoms with Gasteiger partial charge in [-0.25, -0.2) is 0 Å². The van der Waals surface area contributed by atoms with Gasteiger partial charge in [0, 0.05) is 26.8 Å². The molecule has 106 valence electrons. The molecule has 0 bridgehead atoms. The van der Waals surface area contributed by atoms with Crippen LogP contribution in [-0.2, 0) is 0 Å². The van der Waals surface area contributed by atoms with E-state index >= 15 is 0 Å². The Morgan fingerprint density at radius 1 is 1.19 bits per heavy atom. The van der Waals surface area contributed by atoms with E-state index in [9.17, 15) is 4.79 Å². The van der Waals surface area contributed by atoms with Crippen LogP contribution >= 0.6 is 23.4 Å². The average molecular weight is 317 g/mol. The SMILES string of the molecule is COc1ccc(C=C2CSc3ccc(Cl)cc3C2=O)cc1. The van der Waals surface area contributed by atoms with Crippen molar-refractivity contribution in [1.29, 1.82) is 0 Å². The van der Waals surface area contributed by atoms with Gasteiger partial charge in [-0.3, -0.25) is 4.79 Å². The lowest BCUT2D eigenvalue weighted by atomic mass is 10.0. The monoisotopic (exact) mass is 316 g/mol. The molecule has 1 aliphatic rings. The van der Waals surface area contributed by atoms with Crippen LogP contribution in [-0.4, -0.2) is 18.6 Å². The first-order chi connectivity index (χ1) is 10.2. The Balaban J connectivity index is 1.93. The van der Waals surface area contributed by atoms with Gasteiger partial charge in [0.05, 0.1) is 7.11 Å². The summed E-state index contributed by atoms with van der Waals surface area (Å²) < 4.78 is 5.13. The highest BCUT2D eigenvalue weighted by Gasteiger charge is 2.22. The number of hydrogen-bond donors (Lipinski definition) is 0. The van der Waals surface area contributed by atoms with Crippen LogP contribution in [0.5, 0.6) is 5.75 Å². The zero-order valence-corrected chi connectivity index (χ0v) is 13.0. The van der Waals surface area contributed by atoms with Gasteiger partial charge in [-0.15, -0.1) is 11.8 Å². The number of thioether (sulfide) groups is 1. The van der Waals surface area contributed by atoms with Crippen molar-refractivity contribution >= 4 is 35.2 Å². The molecule has 21 heavy (non-hydrogen) atoms. The van der Waals surface area contributed by atoms with Crippen LogP contribution < -0.4 is 4.74 Å². The predicted octanol–water partition coefficient (Wildman–Crippen LogP) is 4.72. The molecule has 0 atom stereocenters. The molecule has 1 aliphatic heterocycles. The lowest BCUT2D eigenvalue weighted by Gasteiger charge is -2.17. The standard InChI is InChI=1S/C17H13ClO2S/c1-20-14-5-2-11(3-6-14)8-12-10-21-16-7-4-13(18)9-15(16)17(12)19/h2-9H,10H2,1H3. The molecule has 0 fully saturated rings. The van der Waals surface area contributed by atoms with E-state index in [2.05, 4.69) is 0 Å². The quantitative estimate of drug-likeness (QED) is 0.750. The Morgan fingerprint density at radius 2 is 1.95 bits per heavy atom. The second-order valence-corrected chi connectivity index (χ2v) is 6.15. The first kappa shape index (κ1) is 14.2. The fourth-order valence-electron chi connectivity index (χ4n) is 2.21. The van der Waals surface area contributed by atoms with Crippen LogP contribution in [0, 0.1) is 0 Å². The Labute approximate surface area is 132 Å². The van der Waals surface area contributed by atoms with E-state index < -0.39 is 0 Å². The highest BCUT2D eigenvalue weighted by Crippen LogP contribution is 2.34. The number of Topliss-reactive ketones (excluding diaryl/α,β-unsaturated/α-hetero) is 1. The fourth-order valence-corrected chi connectivity index (χ4v) is 3.38. The summed E-state index contributed by atoms with van der Waals surface area (Å²) in [5.74, 6) is 1.54. The fraction of sp³-hybridized carbons (Fsp3) is 0.118. The van der Waals surface area contributed by atoms with Crippen molar-refractivity contribution in [2.24, 2.45) is 0 Å².